The van der Waals surface area contributed by atoms with Crippen LogP contribution in [0.1, 0.15) is 33.6 Å². The van der Waals surface area contributed by atoms with Crippen LogP contribution in [0.3, 0.4) is 0 Å². The average Bonchev–Trinajstić information content (AvgIpc) is 2.99. The van der Waals surface area contributed by atoms with E-state index >= 15 is 0 Å². The molecule has 4 nitrogen and oxygen atoms in total. The van der Waals surface area contributed by atoms with Crippen LogP contribution >= 0.6 is 34.7 Å². The van der Waals surface area contributed by atoms with Gasteiger partial charge in [-0.1, -0.05) is 23.4 Å². The van der Waals surface area contributed by atoms with Gasteiger partial charge in [-0.2, -0.15) is 0 Å². The highest BCUT2D eigenvalue weighted by atomic mass is 35.5. The zero-order valence-corrected chi connectivity index (χ0v) is 15.7. The Kier molecular flexibility index (Phi) is 4.67. The van der Waals surface area contributed by atoms with Crippen molar-refractivity contribution in [1.29, 1.82) is 0 Å². The first-order chi connectivity index (χ1) is 12.1. The lowest BCUT2D eigenvalue weighted by molar-refractivity contribution is 0.102. The van der Waals surface area contributed by atoms with E-state index in [2.05, 4.69) is 9.97 Å². The third-order valence-corrected chi connectivity index (χ3v) is 6.62. The van der Waals surface area contributed by atoms with Crippen molar-refractivity contribution < 1.29 is 4.79 Å². The molecular weight excluding hydrogens is 376 g/mol. The number of H-pyrrole nitrogens is 1. The molecule has 0 bridgehead atoms. The highest BCUT2D eigenvalue weighted by molar-refractivity contribution is 7.99. The second-order valence-corrected chi connectivity index (χ2v) is 8.46. The molecule has 1 aliphatic rings. The lowest BCUT2D eigenvalue weighted by atomic mass is 9.97. The molecule has 3 aromatic rings. The lowest BCUT2D eigenvalue weighted by Gasteiger charge is -2.09. The van der Waals surface area contributed by atoms with Gasteiger partial charge < -0.3 is 4.98 Å². The summed E-state index contributed by atoms with van der Waals surface area (Å²) < 4.78 is 0. The van der Waals surface area contributed by atoms with E-state index in [0.717, 1.165) is 29.5 Å². The van der Waals surface area contributed by atoms with E-state index in [4.69, 9.17) is 11.6 Å². The van der Waals surface area contributed by atoms with E-state index in [1.165, 1.54) is 28.6 Å². The van der Waals surface area contributed by atoms with Crippen LogP contribution in [0, 0.1) is 0 Å². The van der Waals surface area contributed by atoms with E-state index in [-0.39, 0.29) is 17.1 Å². The summed E-state index contributed by atoms with van der Waals surface area (Å²) in [5, 5.41) is 1.84. The molecule has 0 unspecified atom stereocenters. The van der Waals surface area contributed by atoms with Crippen LogP contribution in [0.15, 0.2) is 34.2 Å². The molecule has 2 aromatic heterocycles. The summed E-state index contributed by atoms with van der Waals surface area (Å²) in [4.78, 5) is 34.2. The molecule has 1 aliphatic carbocycles. The maximum atomic E-state index is 12.5. The van der Waals surface area contributed by atoms with Gasteiger partial charge in [0.2, 0.25) is 0 Å². The fourth-order valence-electron chi connectivity index (χ4n) is 3.07. The van der Waals surface area contributed by atoms with Gasteiger partial charge in [0.05, 0.1) is 11.1 Å². The number of ketones is 1. The third-order valence-electron chi connectivity index (χ3n) is 4.31. The van der Waals surface area contributed by atoms with Crippen molar-refractivity contribution in [3.8, 4) is 0 Å². The molecule has 0 spiro atoms. The normalized spacial score (nSPS) is 13.8. The van der Waals surface area contributed by atoms with Crippen LogP contribution in [0.5, 0.6) is 0 Å². The second kappa shape index (κ2) is 6.94. The SMILES string of the molecule is O=C(CSc1nc2sc3c(c2c(=O)[nH]1)CCCC3)c1ccc(Cl)cc1. The number of halogens is 1. The minimum absolute atomic E-state index is 0.0186. The number of fused-ring (bicyclic) bond motifs is 3. The monoisotopic (exact) mass is 390 g/mol. The zero-order chi connectivity index (χ0) is 17.4. The number of nitrogens with one attached hydrogen (secondary N) is 1. The summed E-state index contributed by atoms with van der Waals surface area (Å²) in [6.45, 7) is 0. The standard InChI is InChI=1S/C18H15ClN2O2S2/c19-11-7-5-10(6-8-11)13(22)9-24-18-20-16(23)15-12-3-1-2-4-14(12)25-17(15)21-18/h5-8H,1-4,9H2,(H,20,21,23). The number of hydrogen-bond donors (Lipinski definition) is 1. The van der Waals surface area contributed by atoms with Crippen molar-refractivity contribution in [1.82, 2.24) is 9.97 Å². The number of aryl methyl sites for hydroxylation is 2. The molecule has 2 heterocycles. The first kappa shape index (κ1) is 16.8. The molecule has 128 valence electrons. The van der Waals surface area contributed by atoms with E-state index in [1.807, 2.05) is 0 Å². The molecule has 0 amide bonds. The molecule has 1 N–H and O–H groups in total. The predicted molar refractivity (Wildman–Crippen MR) is 103 cm³/mol. The van der Waals surface area contributed by atoms with Gasteiger partial charge in [0.15, 0.2) is 10.9 Å². The van der Waals surface area contributed by atoms with Crippen molar-refractivity contribution >= 4 is 50.7 Å². The fraction of sp³-hybridized carbons (Fsp3) is 0.278. The predicted octanol–water partition coefficient (Wildman–Crippen LogP) is 4.49. The Morgan fingerprint density at radius 2 is 2.00 bits per heavy atom. The van der Waals surface area contributed by atoms with Crippen LogP contribution < -0.4 is 5.56 Å². The molecule has 25 heavy (non-hydrogen) atoms. The first-order valence-electron chi connectivity index (χ1n) is 8.08. The van der Waals surface area contributed by atoms with Gasteiger partial charge in [0.25, 0.3) is 5.56 Å². The molecule has 4 rings (SSSR count). The molecule has 7 heteroatoms. The molecule has 0 radical (unpaired) electrons. The Hall–Kier alpha value is -1.63. The summed E-state index contributed by atoms with van der Waals surface area (Å²) >= 11 is 8.72. The quantitative estimate of drug-likeness (QED) is 0.405. The van der Waals surface area contributed by atoms with Crippen molar-refractivity contribution in [3.05, 3.63) is 55.6 Å². The van der Waals surface area contributed by atoms with Gasteiger partial charge in [-0.15, -0.1) is 11.3 Å². The summed E-state index contributed by atoms with van der Waals surface area (Å²) in [6, 6.07) is 6.80. The first-order valence-corrected chi connectivity index (χ1v) is 10.3. The van der Waals surface area contributed by atoms with Crippen molar-refractivity contribution in [2.75, 3.05) is 5.75 Å². The van der Waals surface area contributed by atoms with Gasteiger partial charge in [0, 0.05) is 15.5 Å². The summed E-state index contributed by atoms with van der Waals surface area (Å²) in [6.07, 6.45) is 4.30. The van der Waals surface area contributed by atoms with E-state index in [1.54, 1.807) is 35.6 Å². The lowest BCUT2D eigenvalue weighted by Crippen LogP contribution is -2.11. The number of aromatic nitrogens is 2. The van der Waals surface area contributed by atoms with Gasteiger partial charge in [0.1, 0.15) is 4.83 Å². The van der Waals surface area contributed by atoms with Crippen molar-refractivity contribution in [2.45, 2.75) is 30.8 Å². The fourth-order valence-corrected chi connectivity index (χ4v) is 5.27. The maximum absolute atomic E-state index is 12.5. The number of carbonyl (C=O) groups excluding carboxylic acids is 1. The van der Waals surface area contributed by atoms with Gasteiger partial charge in [-0.25, -0.2) is 4.98 Å². The molecular formula is C18H15ClN2O2S2. The Bertz CT molecular complexity index is 1010. The minimum atomic E-state index is -0.0918. The van der Waals surface area contributed by atoms with Crippen molar-refractivity contribution in [2.24, 2.45) is 0 Å². The summed E-state index contributed by atoms with van der Waals surface area (Å²) in [7, 11) is 0. The number of thioether (sulfide) groups is 1. The Balaban J connectivity index is 1.57. The Morgan fingerprint density at radius 1 is 1.24 bits per heavy atom. The van der Waals surface area contributed by atoms with E-state index in [0.29, 0.717) is 15.7 Å². The number of aromatic amines is 1. The van der Waals surface area contributed by atoms with Crippen LogP contribution in [-0.2, 0) is 12.8 Å². The number of rotatable bonds is 4. The van der Waals surface area contributed by atoms with Crippen LogP contribution in [-0.4, -0.2) is 21.5 Å². The third kappa shape index (κ3) is 3.38. The van der Waals surface area contributed by atoms with Crippen LogP contribution in [0.2, 0.25) is 5.02 Å². The van der Waals surface area contributed by atoms with Gasteiger partial charge in [-0.05, 0) is 55.5 Å². The zero-order valence-electron chi connectivity index (χ0n) is 13.3. The number of benzene rings is 1. The van der Waals surface area contributed by atoms with Crippen LogP contribution in [0.4, 0.5) is 0 Å². The summed E-state index contributed by atoms with van der Waals surface area (Å²) in [5.41, 5.74) is 1.69. The second-order valence-electron chi connectivity index (χ2n) is 5.98. The minimum Gasteiger partial charge on any atom is -0.301 e. The number of nitrogens with zero attached hydrogens (tertiary/aromatic N) is 1. The Labute approximate surface area is 157 Å². The molecule has 0 saturated heterocycles. The molecule has 1 aromatic carbocycles. The smallest absolute Gasteiger partial charge is 0.260 e. The average molecular weight is 391 g/mol. The van der Waals surface area contributed by atoms with E-state index in [9.17, 15) is 9.59 Å². The van der Waals surface area contributed by atoms with Gasteiger partial charge in [-0.3, -0.25) is 9.59 Å². The largest absolute Gasteiger partial charge is 0.301 e. The van der Waals surface area contributed by atoms with Gasteiger partial charge >= 0.3 is 0 Å². The number of hydrogen-bond acceptors (Lipinski definition) is 5. The Morgan fingerprint density at radius 3 is 2.80 bits per heavy atom. The number of carbonyl (C=O) groups is 1. The van der Waals surface area contributed by atoms with Crippen molar-refractivity contribution in [3.63, 3.8) is 0 Å². The molecule has 0 fully saturated rings. The molecule has 0 aliphatic heterocycles. The highest BCUT2D eigenvalue weighted by Crippen LogP contribution is 2.34. The topological polar surface area (TPSA) is 62.8 Å². The van der Waals surface area contributed by atoms with Crippen LogP contribution in [0.25, 0.3) is 10.2 Å². The highest BCUT2D eigenvalue weighted by Gasteiger charge is 2.20. The molecule has 0 atom stereocenters. The number of Topliss-reactive ketones (excluding diaryl/α,β-unsaturated/α-hetero) is 1. The number of thiophene rings is 1. The maximum Gasteiger partial charge on any atom is 0.260 e. The van der Waals surface area contributed by atoms with E-state index < -0.39 is 0 Å². The summed E-state index contributed by atoms with van der Waals surface area (Å²) in [5.74, 6) is 0.205. The molecule has 0 saturated carbocycles.